The topological polar surface area (TPSA) is 80.9 Å². The van der Waals surface area contributed by atoms with Gasteiger partial charge in [0.1, 0.15) is 23.0 Å². The van der Waals surface area contributed by atoms with Gasteiger partial charge in [-0.1, -0.05) is 80.2 Å². The molecule has 4 rings (SSSR count). The van der Waals surface area contributed by atoms with Crippen molar-refractivity contribution in [3.63, 3.8) is 0 Å². The first-order chi connectivity index (χ1) is 13.6. The molecule has 0 unspecified atom stereocenters. The summed E-state index contributed by atoms with van der Waals surface area (Å²) >= 11 is 0. The lowest BCUT2D eigenvalue weighted by molar-refractivity contribution is 0.475. The van der Waals surface area contributed by atoms with Crippen LogP contribution in [0.5, 0.6) is 23.0 Å². The maximum Gasteiger partial charge on any atom is 0.115 e. The summed E-state index contributed by atoms with van der Waals surface area (Å²) in [7, 11) is 0. The van der Waals surface area contributed by atoms with E-state index in [-0.39, 0.29) is 7.43 Å². The van der Waals surface area contributed by atoms with E-state index in [9.17, 15) is 0 Å². The lowest BCUT2D eigenvalue weighted by atomic mass is 10.3. The number of hydrogen-bond donors (Lipinski definition) is 4. The van der Waals surface area contributed by atoms with Crippen LogP contribution in [0.3, 0.4) is 0 Å². The van der Waals surface area contributed by atoms with E-state index in [1.807, 2.05) is 24.3 Å². The molecule has 0 amide bonds. The standard InChI is InChI=1S/4C6H6O.CH4/c4*7-6-4-2-1-3-5-6;/h4*1-5,7H;1H4. The van der Waals surface area contributed by atoms with Gasteiger partial charge in [-0.05, 0) is 48.5 Å². The molecule has 0 radical (unpaired) electrons. The molecule has 4 heteroatoms. The van der Waals surface area contributed by atoms with Gasteiger partial charge in [0, 0.05) is 0 Å². The maximum atomic E-state index is 8.63. The van der Waals surface area contributed by atoms with Crippen molar-refractivity contribution in [2.75, 3.05) is 0 Å². The molecular weight excluding hydrogens is 364 g/mol. The molecule has 4 N–H and O–H groups in total. The van der Waals surface area contributed by atoms with Gasteiger partial charge in [0.2, 0.25) is 0 Å². The van der Waals surface area contributed by atoms with Crippen molar-refractivity contribution < 1.29 is 20.4 Å². The summed E-state index contributed by atoms with van der Waals surface area (Å²) in [6.45, 7) is 0. The molecule has 0 fully saturated rings. The highest BCUT2D eigenvalue weighted by Crippen LogP contribution is 2.04. The zero-order valence-electron chi connectivity index (χ0n) is 15.3. The highest BCUT2D eigenvalue weighted by molar-refractivity contribution is 5.20. The summed E-state index contributed by atoms with van der Waals surface area (Å²) in [5.74, 6) is 1.29. The molecule has 4 aromatic rings. The largest absolute Gasteiger partial charge is 0.508 e. The first-order valence-corrected chi connectivity index (χ1v) is 8.54. The van der Waals surface area contributed by atoms with Crippen LogP contribution in [-0.4, -0.2) is 20.4 Å². The Morgan fingerprint density at radius 2 is 0.414 bits per heavy atom. The Morgan fingerprint density at radius 3 is 0.483 bits per heavy atom. The van der Waals surface area contributed by atoms with E-state index in [1.54, 1.807) is 97.1 Å². The summed E-state index contributed by atoms with van der Waals surface area (Å²) in [5.41, 5.74) is 0. The average molecular weight is 392 g/mol. The minimum atomic E-state index is 0. The number of para-hydroxylation sites is 4. The van der Waals surface area contributed by atoms with Gasteiger partial charge < -0.3 is 20.4 Å². The average Bonchev–Trinajstić information content (AvgIpc) is 2.72. The quantitative estimate of drug-likeness (QED) is 0.287. The fourth-order valence-electron chi connectivity index (χ4n) is 1.71. The molecule has 0 spiro atoms. The van der Waals surface area contributed by atoms with Crippen LogP contribution in [-0.2, 0) is 0 Å². The van der Waals surface area contributed by atoms with Crippen molar-refractivity contribution in [1.82, 2.24) is 0 Å². The summed E-state index contributed by atoms with van der Waals surface area (Å²) in [6, 6.07) is 34.9. The van der Waals surface area contributed by atoms with E-state index >= 15 is 0 Å². The van der Waals surface area contributed by atoms with Crippen molar-refractivity contribution in [2.24, 2.45) is 0 Å². The van der Waals surface area contributed by atoms with E-state index in [2.05, 4.69) is 0 Å². The fraction of sp³-hybridized carbons (Fsp3) is 0.0400. The van der Waals surface area contributed by atoms with Gasteiger partial charge >= 0.3 is 0 Å². The molecule has 0 atom stereocenters. The Morgan fingerprint density at radius 1 is 0.276 bits per heavy atom. The normalized spacial score (nSPS) is 8.28. The minimum Gasteiger partial charge on any atom is -0.508 e. The molecule has 0 aromatic heterocycles. The van der Waals surface area contributed by atoms with Gasteiger partial charge in [0.05, 0.1) is 0 Å². The smallest absolute Gasteiger partial charge is 0.115 e. The summed E-state index contributed by atoms with van der Waals surface area (Å²) in [6.07, 6.45) is 0. The zero-order valence-corrected chi connectivity index (χ0v) is 15.3. The molecular formula is C25H28O4. The second kappa shape index (κ2) is 16.3. The Kier molecular flexibility index (Phi) is 14.1. The molecule has 0 aliphatic rings. The molecule has 4 aromatic carbocycles. The first-order valence-electron chi connectivity index (χ1n) is 8.54. The Labute approximate surface area is 172 Å². The van der Waals surface area contributed by atoms with Crippen molar-refractivity contribution in [1.29, 1.82) is 0 Å². The molecule has 4 nitrogen and oxygen atoms in total. The van der Waals surface area contributed by atoms with E-state index in [0.717, 1.165) is 0 Å². The number of phenols is 4. The molecule has 152 valence electrons. The number of phenolic OH excluding ortho intramolecular Hbond substituents is 4. The van der Waals surface area contributed by atoms with E-state index in [1.165, 1.54) is 0 Å². The number of aromatic hydroxyl groups is 4. The summed E-state index contributed by atoms with van der Waals surface area (Å²) < 4.78 is 0. The van der Waals surface area contributed by atoms with E-state index < -0.39 is 0 Å². The molecule has 0 bridgehead atoms. The van der Waals surface area contributed by atoms with Crippen LogP contribution in [0.4, 0.5) is 0 Å². The molecule has 0 heterocycles. The van der Waals surface area contributed by atoms with Crippen LogP contribution < -0.4 is 0 Å². The third kappa shape index (κ3) is 14.9. The van der Waals surface area contributed by atoms with Gasteiger partial charge in [-0.2, -0.15) is 0 Å². The molecule has 29 heavy (non-hydrogen) atoms. The molecule has 0 aliphatic carbocycles. The van der Waals surface area contributed by atoms with Gasteiger partial charge in [-0.3, -0.25) is 0 Å². The monoisotopic (exact) mass is 392 g/mol. The van der Waals surface area contributed by atoms with Crippen molar-refractivity contribution in [3.8, 4) is 23.0 Å². The van der Waals surface area contributed by atoms with E-state index in [4.69, 9.17) is 20.4 Å². The predicted molar refractivity (Wildman–Crippen MR) is 119 cm³/mol. The summed E-state index contributed by atoms with van der Waals surface area (Å²) in [4.78, 5) is 0. The van der Waals surface area contributed by atoms with Crippen LogP contribution in [0.25, 0.3) is 0 Å². The predicted octanol–water partition coefficient (Wildman–Crippen LogP) is 6.20. The minimum absolute atomic E-state index is 0. The summed E-state index contributed by atoms with van der Waals surface area (Å²) in [5, 5.41) is 34.5. The van der Waals surface area contributed by atoms with E-state index in [0.29, 0.717) is 23.0 Å². The fourth-order valence-corrected chi connectivity index (χ4v) is 1.71. The maximum absolute atomic E-state index is 8.63. The SMILES string of the molecule is C.Oc1ccccc1.Oc1ccccc1.Oc1ccccc1.Oc1ccccc1. The Hall–Kier alpha value is -3.92. The molecule has 0 aliphatic heterocycles. The molecule has 0 saturated heterocycles. The molecule has 0 saturated carbocycles. The van der Waals surface area contributed by atoms with Gasteiger partial charge in [0.15, 0.2) is 0 Å². The van der Waals surface area contributed by atoms with Crippen molar-refractivity contribution >= 4 is 0 Å². The highest BCUT2D eigenvalue weighted by Gasteiger charge is 1.76. The van der Waals surface area contributed by atoms with Crippen molar-refractivity contribution in [2.45, 2.75) is 7.43 Å². The van der Waals surface area contributed by atoms with Crippen LogP contribution in [0, 0.1) is 0 Å². The third-order valence-electron chi connectivity index (χ3n) is 3.02. The van der Waals surface area contributed by atoms with Crippen LogP contribution in [0.1, 0.15) is 7.43 Å². The lowest BCUT2D eigenvalue weighted by Gasteiger charge is -1.82. The number of rotatable bonds is 0. The number of hydrogen-bond acceptors (Lipinski definition) is 4. The van der Waals surface area contributed by atoms with Crippen molar-refractivity contribution in [3.05, 3.63) is 121 Å². The van der Waals surface area contributed by atoms with Crippen LogP contribution >= 0.6 is 0 Å². The third-order valence-corrected chi connectivity index (χ3v) is 3.02. The second-order valence-corrected chi connectivity index (χ2v) is 5.34. The number of benzene rings is 4. The van der Waals surface area contributed by atoms with Gasteiger partial charge in [0.25, 0.3) is 0 Å². The highest BCUT2D eigenvalue weighted by atomic mass is 16.3. The van der Waals surface area contributed by atoms with Gasteiger partial charge in [-0.25, -0.2) is 0 Å². The van der Waals surface area contributed by atoms with Gasteiger partial charge in [-0.15, -0.1) is 0 Å². The van der Waals surface area contributed by atoms with Crippen LogP contribution in [0.2, 0.25) is 0 Å². The first kappa shape index (κ1) is 25.1. The zero-order chi connectivity index (χ0) is 20.5. The Bertz CT molecular complexity index is 687. The van der Waals surface area contributed by atoms with Crippen LogP contribution in [0.15, 0.2) is 121 Å². The second-order valence-electron chi connectivity index (χ2n) is 5.34. The lowest BCUT2D eigenvalue weighted by Crippen LogP contribution is -1.56. The Balaban J connectivity index is 0.000000356.